The minimum Gasteiger partial charge on any atom is -0.313 e. The molecule has 1 N–H and O–H groups in total. The molecule has 0 radical (unpaired) electrons. The van der Waals surface area contributed by atoms with Crippen LogP contribution in [0.15, 0.2) is 47.4 Å². The van der Waals surface area contributed by atoms with Gasteiger partial charge in [0.05, 0.1) is 0 Å². The average Bonchev–Trinajstić information content (AvgIpc) is 2.45. The number of hydrogen-bond acceptors (Lipinski definition) is 2. The van der Waals surface area contributed by atoms with Crippen LogP contribution in [0.2, 0.25) is 5.02 Å². The molecule has 2 aromatic rings. The van der Waals surface area contributed by atoms with Crippen LogP contribution in [-0.4, -0.2) is 6.54 Å². The summed E-state index contributed by atoms with van der Waals surface area (Å²) in [6.45, 7) is 3.58. The first kappa shape index (κ1) is 15.4. The van der Waals surface area contributed by atoms with Gasteiger partial charge in [-0.25, -0.2) is 4.39 Å². The molecule has 2 aromatic carbocycles. The predicted octanol–water partition coefficient (Wildman–Crippen LogP) is 4.88. The summed E-state index contributed by atoms with van der Waals surface area (Å²) in [6, 6.07) is 12.9. The third-order valence-corrected chi connectivity index (χ3v) is 4.51. The van der Waals surface area contributed by atoms with E-state index in [1.54, 1.807) is 6.07 Å². The number of hydrogen-bond donors (Lipinski definition) is 1. The van der Waals surface area contributed by atoms with E-state index in [1.807, 2.05) is 37.3 Å². The van der Waals surface area contributed by atoms with E-state index in [-0.39, 0.29) is 5.82 Å². The molecule has 0 aliphatic rings. The molecule has 0 aliphatic carbocycles. The van der Waals surface area contributed by atoms with Crippen LogP contribution in [0.1, 0.15) is 18.1 Å². The van der Waals surface area contributed by atoms with Crippen LogP contribution < -0.4 is 5.32 Å². The third kappa shape index (κ3) is 3.98. The van der Waals surface area contributed by atoms with E-state index >= 15 is 0 Å². The lowest BCUT2D eigenvalue weighted by Gasteiger charge is -2.11. The lowest BCUT2D eigenvalue weighted by molar-refractivity contribution is 0.591. The van der Waals surface area contributed by atoms with Gasteiger partial charge >= 0.3 is 0 Å². The zero-order chi connectivity index (χ0) is 14.4. The van der Waals surface area contributed by atoms with Crippen molar-refractivity contribution in [3.63, 3.8) is 0 Å². The van der Waals surface area contributed by atoms with Crippen molar-refractivity contribution in [2.45, 2.75) is 24.1 Å². The Morgan fingerprint density at radius 3 is 2.60 bits per heavy atom. The van der Waals surface area contributed by atoms with Crippen molar-refractivity contribution in [1.82, 2.24) is 5.32 Å². The lowest BCUT2D eigenvalue weighted by Crippen LogP contribution is -2.12. The summed E-state index contributed by atoms with van der Waals surface area (Å²) in [5.74, 6) is 0.497. The zero-order valence-electron chi connectivity index (χ0n) is 11.3. The highest BCUT2D eigenvalue weighted by molar-refractivity contribution is 7.98. The standard InChI is InChI=1S/C16H17ClFNS/c1-2-19-10-12-7-5-9-15(18)16(12)20-11-13-6-3-4-8-14(13)17/h3-9,19H,2,10-11H2,1H3. The fourth-order valence-electron chi connectivity index (χ4n) is 1.88. The Kier molecular flexibility index (Phi) is 5.89. The molecule has 0 heterocycles. The second kappa shape index (κ2) is 7.67. The molecule has 0 saturated heterocycles. The van der Waals surface area contributed by atoms with Crippen LogP contribution in [-0.2, 0) is 12.3 Å². The number of thioether (sulfide) groups is 1. The largest absolute Gasteiger partial charge is 0.313 e. The van der Waals surface area contributed by atoms with E-state index in [0.29, 0.717) is 17.2 Å². The first-order valence-corrected chi connectivity index (χ1v) is 7.93. The van der Waals surface area contributed by atoms with Crippen LogP contribution in [0.5, 0.6) is 0 Å². The lowest BCUT2D eigenvalue weighted by atomic mass is 10.2. The molecular formula is C16H17ClFNS. The van der Waals surface area contributed by atoms with Crippen molar-refractivity contribution >= 4 is 23.4 Å². The van der Waals surface area contributed by atoms with Gasteiger partial charge in [0, 0.05) is 22.2 Å². The molecule has 0 bridgehead atoms. The Bertz CT molecular complexity index is 574. The van der Waals surface area contributed by atoms with Crippen LogP contribution in [0.4, 0.5) is 4.39 Å². The Hall–Kier alpha value is -1.03. The Morgan fingerprint density at radius 1 is 1.10 bits per heavy atom. The molecular weight excluding hydrogens is 293 g/mol. The number of rotatable bonds is 6. The topological polar surface area (TPSA) is 12.0 Å². The molecule has 0 aromatic heterocycles. The summed E-state index contributed by atoms with van der Waals surface area (Å²) in [4.78, 5) is 0.702. The van der Waals surface area contributed by atoms with Gasteiger partial charge in [-0.2, -0.15) is 0 Å². The summed E-state index contributed by atoms with van der Waals surface area (Å²) < 4.78 is 14.0. The molecule has 106 valence electrons. The van der Waals surface area contributed by atoms with Crippen molar-refractivity contribution < 1.29 is 4.39 Å². The highest BCUT2D eigenvalue weighted by atomic mass is 35.5. The SMILES string of the molecule is CCNCc1cccc(F)c1SCc1ccccc1Cl. The van der Waals surface area contributed by atoms with E-state index in [9.17, 15) is 4.39 Å². The van der Waals surface area contributed by atoms with Gasteiger partial charge in [0.25, 0.3) is 0 Å². The van der Waals surface area contributed by atoms with E-state index < -0.39 is 0 Å². The van der Waals surface area contributed by atoms with Crippen molar-refractivity contribution in [3.05, 3.63) is 64.4 Å². The molecule has 4 heteroatoms. The van der Waals surface area contributed by atoms with Gasteiger partial charge in [-0.1, -0.05) is 48.9 Å². The van der Waals surface area contributed by atoms with E-state index in [2.05, 4.69) is 5.32 Å². The zero-order valence-corrected chi connectivity index (χ0v) is 12.9. The molecule has 0 spiro atoms. The minimum atomic E-state index is -0.169. The summed E-state index contributed by atoms with van der Waals surface area (Å²) in [6.07, 6.45) is 0. The average molecular weight is 310 g/mol. The molecule has 1 nitrogen and oxygen atoms in total. The maximum atomic E-state index is 14.0. The van der Waals surface area contributed by atoms with Gasteiger partial charge in [0.2, 0.25) is 0 Å². The predicted molar refractivity (Wildman–Crippen MR) is 84.8 cm³/mol. The van der Waals surface area contributed by atoms with Gasteiger partial charge in [-0.3, -0.25) is 0 Å². The molecule has 20 heavy (non-hydrogen) atoms. The van der Waals surface area contributed by atoms with Gasteiger partial charge < -0.3 is 5.32 Å². The minimum absolute atomic E-state index is 0.169. The normalized spacial score (nSPS) is 10.8. The molecule has 0 fully saturated rings. The summed E-state index contributed by atoms with van der Waals surface area (Å²) in [5.41, 5.74) is 2.01. The summed E-state index contributed by atoms with van der Waals surface area (Å²) in [5, 5.41) is 3.96. The van der Waals surface area contributed by atoms with Crippen molar-refractivity contribution in [1.29, 1.82) is 0 Å². The van der Waals surface area contributed by atoms with E-state index in [0.717, 1.165) is 22.7 Å². The Labute approximate surface area is 128 Å². The summed E-state index contributed by atoms with van der Waals surface area (Å²) >= 11 is 7.63. The quantitative estimate of drug-likeness (QED) is 0.763. The van der Waals surface area contributed by atoms with Crippen molar-refractivity contribution in [3.8, 4) is 0 Å². The Balaban J connectivity index is 2.14. The van der Waals surface area contributed by atoms with Crippen LogP contribution >= 0.6 is 23.4 Å². The highest BCUT2D eigenvalue weighted by Crippen LogP contribution is 2.31. The number of halogens is 2. The molecule has 0 unspecified atom stereocenters. The van der Waals surface area contributed by atoms with Gasteiger partial charge in [-0.05, 0) is 29.8 Å². The van der Waals surface area contributed by atoms with E-state index in [4.69, 9.17) is 11.6 Å². The van der Waals surface area contributed by atoms with Gasteiger partial charge in [0.1, 0.15) is 5.82 Å². The second-order valence-corrected chi connectivity index (χ2v) is 5.78. The van der Waals surface area contributed by atoms with Gasteiger partial charge in [-0.15, -0.1) is 11.8 Å². The van der Waals surface area contributed by atoms with E-state index in [1.165, 1.54) is 17.8 Å². The molecule has 0 aliphatic heterocycles. The first-order valence-electron chi connectivity index (χ1n) is 6.56. The molecule has 2 rings (SSSR count). The maximum Gasteiger partial charge on any atom is 0.137 e. The van der Waals surface area contributed by atoms with Crippen molar-refractivity contribution in [2.24, 2.45) is 0 Å². The summed E-state index contributed by atoms with van der Waals surface area (Å²) in [7, 11) is 0. The highest BCUT2D eigenvalue weighted by Gasteiger charge is 2.10. The monoisotopic (exact) mass is 309 g/mol. The molecule has 0 atom stereocenters. The number of benzene rings is 2. The second-order valence-electron chi connectivity index (χ2n) is 4.39. The smallest absolute Gasteiger partial charge is 0.137 e. The van der Waals surface area contributed by atoms with Crippen LogP contribution in [0, 0.1) is 5.82 Å². The van der Waals surface area contributed by atoms with Crippen LogP contribution in [0.3, 0.4) is 0 Å². The van der Waals surface area contributed by atoms with Crippen molar-refractivity contribution in [2.75, 3.05) is 6.54 Å². The fraction of sp³-hybridized carbons (Fsp3) is 0.250. The first-order chi connectivity index (χ1) is 9.72. The maximum absolute atomic E-state index is 14.0. The number of nitrogens with one attached hydrogen (secondary N) is 1. The molecule has 0 amide bonds. The third-order valence-electron chi connectivity index (χ3n) is 2.94. The van der Waals surface area contributed by atoms with Gasteiger partial charge in [0.15, 0.2) is 0 Å². The molecule has 0 saturated carbocycles. The Morgan fingerprint density at radius 2 is 1.85 bits per heavy atom. The fourth-order valence-corrected chi connectivity index (χ4v) is 3.24. The van der Waals surface area contributed by atoms with Crippen LogP contribution in [0.25, 0.3) is 0 Å².